The van der Waals surface area contributed by atoms with Crippen LogP contribution in [-0.4, -0.2) is 42.2 Å². The van der Waals surface area contributed by atoms with Crippen molar-refractivity contribution < 1.29 is 32.2 Å². The van der Waals surface area contributed by atoms with E-state index in [0.29, 0.717) is 0 Å². The first-order valence-electron chi connectivity index (χ1n) is 11.4. The molecule has 1 aromatic heterocycles. The Bertz CT molecular complexity index is 1640. The second-order valence-corrected chi connectivity index (χ2v) is 8.64. The summed E-state index contributed by atoms with van der Waals surface area (Å²) in [6.45, 7) is 1.46. The van der Waals surface area contributed by atoms with E-state index < -0.39 is 29.4 Å². The predicted molar refractivity (Wildman–Crippen MR) is 140 cm³/mol. The SMILES string of the molecule is COC(=O)[C@H](C)Oc1c(C=Nn2c(-c3cccc(C(F)(F)F)c3)nc3ccccc3c2=O)cc(Cl)cc1OC. The molecule has 0 aliphatic heterocycles. The van der Waals surface area contributed by atoms with Crippen molar-refractivity contribution in [1.82, 2.24) is 9.66 Å². The number of ether oxygens (including phenoxy) is 3. The van der Waals surface area contributed by atoms with Gasteiger partial charge in [0.1, 0.15) is 0 Å². The van der Waals surface area contributed by atoms with E-state index in [9.17, 15) is 22.8 Å². The molecule has 202 valence electrons. The first-order chi connectivity index (χ1) is 18.5. The third kappa shape index (κ3) is 5.88. The molecule has 3 aromatic carbocycles. The highest BCUT2D eigenvalue weighted by molar-refractivity contribution is 6.31. The van der Waals surface area contributed by atoms with Gasteiger partial charge in [0.05, 0.1) is 36.9 Å². The molecule has 0 amide bonds. The van der Waals surface area contributed by atoms with Gasteiger partial charge >= 0.3 is 12.1 Å². The van der Waals surface area contributed by atoms with Gasteiger partial charge in [-0.25, -0.2) is 9.78 Å². The lowest BCUT2D eigenvalue weighted by molar-refractivity contribution is -0.148. The van der Waals surface area contributed by atoms with Gasteiger partial charge in [-0.1, -0.05) is 35.9 Å². The maximum absolute atomic E-state index is 13.5. The lowest BCUT2D eigenvalue weighted by Crippen LogP contribution is -2.25. The number of para-hydroxylation sites is 1. The van der Waals surface area contributed by atoms with E-state index in [1.165, 1.54) is 57.7 Å². The molecule has 0 N–H and O–H groups in total. The second kappa shape index (κ2) is 11.2. The highest BCUT2D eigenvalue weighted by Crippen LogP contribution is 2.35. The fourth-order valence-electron chi connectivity index (χ4n) is 3.73. The van der Waals surface area contributed by atoms with Crippen LogP contribution in [0.3, 0.4) is 0 Å². The summed E-state index contributed by atoms with van der Waals surface area (Å²) in [5.41, 5.74) is -1.02. The summed E-state index contributed by atoms with van der Waals surface area (Å²) >= 11 is 6.23. The van der Waals surface area contributed by atoms with Crippen molar-refractivity contribution in [2.24, 2.45) is 5.10 Å². The molecule has 1 heterocycles. The van der Waals surface area contributed by atoms with Gasteiger partial charge in [0.25, 0.3) is 5.56 Å². The highest BCUT2D eigenvalue weighted by Gasteiger charge is 2.31. The summed E-state index contributed by atoms with van der Waals surface area (Å²) in [7, 11) is 2.57. The fourth-order valence-corrected chi connectivity index (χ4v) is 3.94. The molecule has 4 rings (SSSR count). The summed E-state index contributed by atoms with van der Waals surface area (Å²) in [6, 6.07) is 13.7. The van der Waals surface area contributed by atoms with Gasteiger partial charge in [0.2, 0.25) is 0 Å². The number of nitrogens with zero attached hydrogens (tertiary/aromatic N) is 3. The minimum absolute atomic E-state index is 0.0179. The monoisotopic (exact) mass is 559 g/mol. The van der Waals surface area contributed by atoms with E-state index in [1.807, 2.05) is 0 Å². The number of rotatable bonds is 7. The molecule has 0 spiro atoms. The van der Waals surface area contributed by atoms with Crippen molar-refractivity contribution in [3.8, 4) is 22.9 Å². The summed E-state index contributed by atoms with van der Waals surface area (Å²) in [6.07, 6.45) is -4.44. The van der Waals surface area contributed by atoms with E-state index in [4.69, 9.17) is 25.8 Å². The first kappa shape index (κ1) is 27.6. The van der Waals surface area contributed by atoms with Crippen molar-refractivity contribution in [1.29, 1.82) is 0 Å². The van der Waals surface area contributed by atoms with Gasteiger partial charge in [-0.3, -0.25) is 4.79 Å². The lowest BCUT2D eigenvalue weighted by Gasteiger charge is -2.17. The number of alkyl halides is 3. The highest BCUT2D eigenvalue weighted by atomic mass is 35.5. The zero-order valence-corrected chi connectivity index (χ0v) is 21.6. The Balaban J connectivity index is 1.92. The Kier molecular flexibility index (Phi) is 7.91. The maximum Gasteiger partial charge on any atom is 0.416 e. The average Bonchev–Trinajstić information content (AvgIpc) is 2.92. The molecule has 0 aliphatic rings. The largest absolute Gasteiger partial charge is 0.493 e. The molecule has 0 fully saturated rings. The van der Waals surface area contributed by atoms with Gasteiger partial charge in [0, 0.05) is 22.2 Å². The van der Waals surface area contributed by atoms with Gasteiger partial charge in [-0.2, -0.15) is 22.9 Å². The van der Waals surface area contributed by atoms with Crippen LogP contribution in [0.25, 0.3) is 22.3 Å². The van der Waals surface area contributed by atoms with Crippen molar-refractivity contribution >= 4 is 34.7 Å². The van der Waals surface area contributed by atoms with Crippen LogP contribution in [-0.2, 0) is 15.7 Å². The third-order valence-corrected chi connectivity index (χ3v) is 5.83. The number of aromatic nitrogens is 2. The smallest absolute Gasteiger partial charge is 0.416 e. The van der Waals surface area contributed by atoms with E-state index in [-0.39, 0.29) is 44.4 Å². The van der Waals surface area contributed by atoms with E-state index in [0.717, 1.165) is 16.8 Å². The quantitative estimate of drug-likeness (QED) is 0.217. The summed E-state index contributed by atoms with van der Waals surface area (Å²) in [5, 5.41) is 4.70. The van der Waals surface area contributed by atoms with Gasteiger partial charge < -0.3 is 14.2 Å². The number of benzene rings is 3. The second-order valence-electron chi connectivity index (χ2n) is 8.20. The number of hydrogen-bond donors (Lipinski definition) is 0. The summed E-state index contributed by atoms with van der Waals surface area (Å²) < 4.78 is 57.0. The van der Waals surface area contributed by atoms with Crippen LogP contribution in [0.15, 0.2) is 70.6 Å². The summed E-state index contributed by atoms with van der Waals surface area (Å²) in [4.78, 5) is 29.8. The van der Waals surface area contributed by atoms with E-state index >= 15 is 0 Å². The van der Waals surface area contributed by atoms with Crippen LogP contribution < -0.4 is 15.0 Å². The molecule has 4 aromatic rings. The first-order valence-corrected chi connectivity index (χ1v) is 11.8. The van der Waals surface area contributed by atoms with Crippen LogP contribution in [0, 0.1) is 0 Å². The zero-order valence-electron chi connectivity index (χ0n) is 20.8. The van der Waals surface area contributed by atoms with E-state index in [1.54, 1.807) is 18.2 Å². The molecule has 0 aliphatic carbocycles. The minimum atomic E-state index is -4.61. The Morgan fingerprint density at radius 3 is 2.54 bits per heavy atom. The molecule has 0 radical (unpaired) electrons. The Morgan fingerprint density at radius 1 is 1.10 bits per heavy atom. The average molecular weight is 560 g/mol. The maximum atomic E-state index is 13.5. The van der Waals surface area contributed by atoms with Crippen LogP contribution in [0.1, 0.15) is 18.1 Å². The number of carbonyl (C=O) groups excluding carboxylic acids is 1. The molecular weight excluding hydrogens is 539 g/mol. The van der Waals surface area contributed by atoms with Gasteiger partial charge in [-0.15, -0.1) is 0 Å². The normalized spacial score (nSPS) is 12.5. The molecule has 0 bridgehead atoms. The van der Waals surface area contributed by atoms with Crippen molar-refractivity contribution in [2.75, 3.05) is 14.2 Å². The standard InChI is InChI=1S/C27H21ClF3N3O5/c1-15(26(36)38-3)39-23-17(12-19(28)13-22(23)37-2)14-32-34-24(16-7-6-8-18(11-16)27(29,30)31)33-21-10-5-4-9-20(21)25(34)35/h4-15H,1-3H3/t15-/m0/s1. The minimum Gasteiger partial charge on any atom is -0.493 e. The Labute approximate surface area is 225 Å². The third-order valence-electron chi connectivity index (χ3n) is 5.61. The number of esters is 1. The number of hydrogen-bond acceptors (Lipinski definition) is 7. The van der Waals surface area contributed by atoms with Crippen molar-refractivity contribution in [3.63, 3.8) is 0 Å². The fraction of sp³-hybridized carbons (Fsp3) is 0.185. The number of methoxy groups -OCH3 is 2. The lowest BCUT2D eigenvalue weighted by atomic mass is 10.1. The van der Waals surface area contributed by atoms with Crippen LogP contribution in [0.4, 0.5) is 13.2 Å². The van der Waals surface area contributed by atoms with Gasteiger partial charge in [-0.05, 0) is 37.3 Å². The van der Waals surface area contributed by atoms with Gasteiger partial charge in [0.15, 0.2) is 23.4 Å². The van der Waals surface area contributed by atoms with Crippen LogP contribution in [0.2, 0.25) is 5.02 Å². The molecule has 39 heavy (non-hydrogen) atoms. The Morgan fingerprint density at radius 2 is 1.85 bits per heavy atom. The van der Waals surface area contributed by atoms with E-state index in [2.05, 4.69) is 10.1 Å². The summed E-state index contributed by atoms with van der Waals surface area (Å²) in [5.74, 6) is -0.537. The zero-order chi connectivity index (χ0) is 28.3. The Hall–Kier alpha value is -4.38. The molecule has 12 heteroatoms. The topological polar surface area (TPSA) is 92.0 Å². The molecule has 1 atom stereocenters. The van der Waals surface area contributed by atoms with Crippen LogP contribution >= 0.6 is 11.6 Å². The van der Waals surface area contributed by atoms with Crippen LogP contribution in [0.5, 0.6) is 11.5 Å². The van der Waals surface area contributed by atoms with Crippen molar-refractivity contribution in [2.45, 2.75) is 19.2 Å². The molecule has 0 saturated heterocycles. The predicted octanol–water partition coefficient (Wildman–Crippen LogP) is 5.57. The van der Waals surface area contributed by atoms with Crippen molar-refractivity contribution in [3.05, 3.63) is 87.2 Å². The number of carbonyl (C=O) groups is 1. The molecule has 0 unspecified atom stereocenters. The molecular formula is C27H21ClF3N3O5. The number of fused-ring (bicyclic) bond motifs is 1. The molecule has 8 nitrogen and oxygen atoms in total. The molecule has 0 saturated carbocycles. The number of halogens is 4.